The van der Waals surface area contributed by atoms with E-state index in [1.54, 1.807) is 30.3 Å². The Hall–Kier alpha value is -3.89. The van der Waals surface area contributed by atoms with Gasteiger partial charge >= 0.3 is 6.36 Å². The summed E-state index contributed by atoms with van der Waals surface area (Å²) in [5.74, 6) is 0.254. The van der Waals surface area contributed by atoms with Gasteiger partial charge < -0.3 is 15.4 Å². The Morgan fingerprint density at radius 1 is 1.12 bits per heavy atom. The fraction of sp³-hybridized carbons (Fsp3) is 0.273. The van der Waals surface area contributed by atoms with Crippen molar-refractivity contribution in [3.63, 3.8) is 0 Å². The highest BCUT2D eigenvalue weighted by Crippen LogP contribution is 2.29. The van der Waals surface area contributed by atoms with E-state index in [4.69, 9.17) is 0 Å². The molecule has 0 amide bonds. The summed E-state index contributed by atoms with van der Waals surface area (Å²) in [5.41, 5.74) is 1.17. The summed E-state index contributed by atoms with van der Waals surface area (Å²) in [6.45, 7) is 4.04. The highest BCUT2D eigenvalue weighted by Gasteiger charge is 2.31. The number of halogens is 3. The number of nitrogens with one attached hydrogen (secondary N) is 2. The molecule has 0 saturated carbocycles. The standard InChI is InChI=1S/C22H22F3N5O3/c1-3-14(2)27-21-28-18(15-8-6-9-17(11-15)33-22(23,24)25)12-20(29-21)26-13-16-7-4-5-10-19(16)30(31)32/h4-12,14H,3,13H2,1-2H3,(H2,26,27,28,29)/t14-/m0/s1. The minimum absolute atomic E-state index is 0.0331. The van der Waals surface area contributed by atoms with Crippen molar-refractivity contribution in [3.05, 3.63) is 70.3 Å². The van der Waals surface area contributed by atoms with Crippen LogP contribution in [0.15, 0.2) is 54.6 Å². The zero-order valence-electron chi connectivity index (χ0n) is 17.9. The van der Waals surface area contributed by atoms with E-state index in [9.17, 15) is 23.3 Å². The largest absolute Gasteiger partial charge is 0.573 e. The fourth-order valence-corrected chi connectivity index (χ4v) is 2.95. The van der Waals surface area contributed by atoms with Gasteiger partial charge in [-0.15, -0.1) is 13.2 Å². The monoisotopic (exact) mass is 461 g/mol. The van der Waals surface area contributed by atoms with E-state index in [2.05, 4.69) is 25.3 Å². The second kappa shape index (κ2) is 10.2. The molecule has 2 aromatic carbocycles. The van der Waals surface area contributed by atoms with Crippen LogP contribution in [0.25, 0.3) is 11.3 Å². The number of benzene rings is 2. The molecule has 0 saturated heterocycles. The molecular weight excluding hydrogens is 439 g/mol. The molecule has 0 unspecified atom stereocenters. The average Bonchev–Trinajstić information content (AvgIpc) is 2.76. The van der Waals surface area contributed by atoms with Gasteiger partial charge in [-0.25, -0.2) is 4.98 Å². The molecule has 0 fully saturated rings. The molecule has 8 nitrogen and oxygen atoms in total. The number of anilines is 2. The number of nitro benzene ring substituents is 1. The third kappa shape index (κ3) is 6.79. The van der Waals surface area contributed by atoms with Crippen LogP contribution in [0, 0.1) is 10.1 Å². The maximum absolute atomic E-state index is 12.6. The molecule has 2 N–H and O–H groups in total. The van der Waals surface area contributed by atoms with Gasteiger partial charge in [0, 0.05) is 35.8 Å². The predicted octanol–water partition coefficient (Wildman–Crippen LogP) is 5.77. The lowest BCUT2D eigenvalue weighted by atomic mass is 10.1. The van der Waals surface area contributed by atoms with E-state index in [-0.39, 0.29) is 30.0 Å². The van der Waals surface area contributed by atoms with Crippen molar-refractivity contribution in [2.75, 3.05) is 10.6 Å². The Morgan fingerprint density at radius 2 is 1.88 bits per heavy atom. The Bertz CT molecular complexity index is 1120. The zero-order chi connectivity index (χ0) is 24.0. The number of hydrogen-bond donors (Lipinski definition) is 2. The number of nitro groups is 1. The van der Waals surface area contributed by atoms with E-state index in [0.717, 1.165) is 6.42 Å². The Kier molecular flexibility index (Phi) is 7.31. The van der Waals surface area contributed by atoms with E-state index >= 15 is 0 Å². The number of nitrogens with zero attached hydrogens (tertiary/aromatic N) is 3. The molecule has 174 valence electrons. The molecule has 0 bridgehead atoms. The second-order valence-electron chi connectivity index (χ2n) is 7.23. The molecule has 1 atom stereocenters. The first-order valence-corrected chi connectivity index (χ1v) is 10.1. The van der Waals surface area contributed by atoms with Crippen molar-refractivity contribution >= 4 is 17.5 Å². The summed E-state index contributed by atoms with van der Waals surface area (Å²) >= 11 is 0. The summed E-state index contributed by atoms with van der Waals surface area (Å²) in [5, 5.41) is 17.4. The third-order valence-corrected chi connectivity index (χ3v) is 4.73. The summed E-state index contributed by atoms with van der Waals surface area (Å²) in [6.07, 6.45) is -4.02. The van der Waals surface area contributed by atoms with Gasteiger partial charge in [-0.3, -0.25) is 10.1 Å². The van der Waals surface area contributed by atoms with Crippen LogP contribution in [-0.4, -0.2) is 27.3 Å². The van der Waals surface area contributed by atoms with Gasteiger partial charge in [0.15, 0.2) is 0 Å². The van der Waals surface area contributed by atoms with Crippen molar-refractivity contribution < 1.29 is 22.8 Å². The van der Waals surface area contributed by atoms with Crippen molar-refractivity contribution in [1.29, 1.82) is 0 Å². The van der Waals surface area contributed by atoms with Gasteiger partial charge in [0.25, 0.3) is 5.69 Å². The maximum Gasteiger partial charge on any atom is 0.573 e. The molecular formula is C22H22F3N5O3. The van der Waals surface area contributed by atoms with Crippen molar-refractivity contribution in [3.8, 4) is 17.0 Å². The Labute approximate surface area is 188 Å². The fourth-order valence-electron chi connectivity index (χ4n) is 2.95. The molecule has 11 heteroatoms. The number of hydrogen-bond acceptors (Lipinski definition) is 7. The molecule has 1 heterocycles. The number of ether oxygens (including phenoxy) is 1. The minimum atomic E-state index is -4.81. The first kappa shape index (κ1) is 23.8. The Balaban J connectivity index is 1.93. The highest BCUT2D eigenvalue weighted by atomic mass is 19.4. The molecule has 33 heavy (non-hydrogen) atoms. The number of alkyl halides is 3. The van der Waals surface area contributed by atoms with Crippen LogP contribution in [-0.2, 0) is 6.54 Å². The van der Waals surface area contributed by atoms with Gasteiger partial charge in [0.05, 0.1) is 10.6 Å². The molecule has 1 aromatic heterocycles. The number of rotatable bonds is 9. The maximum atomic E-state index is 12.6. The first-order valence-electron chi connectivity index (χ1n) is 10.1. The quantitative estimate of drug-likeness (QED) is 0.308. The van der Waals surface area contributed by atoms with Crippen molar-refractivity contribution in [2.24, 2.45) is 0 Å². The van der Waals surface area contributed by atoms with E-state index in [1.165, 1.54) is 24.3 Å². The molecule has 0 spiro atoms. The topological polar surface area (TPSA) is 102 Å². The lowest BCUT2D eigenvalue weighted by molar-refractivity contribution is -0.385. The van der Waals surface area contributed by atoms with Crippen LogP contribution in [0.1, 0.15) is 25.8 Å². The van der Waals surface area contributed by atoms with Gasteiger partial charge in [-0.2, -0.15) is 4.98 Å². The minimum Gasteiger partial charge on any atom is -0.406 e. The molecule has 3 rings (SSSR count). The van der Waals surface area contributed by atoms with Gasteiger partial charge in [-0.1, -0.05) is 37.3 Å². The third-order valence-electron chi connectivity index (χ3n) is 4.73. The smallest absolute Gasteiger partial charge is 0.406 e. The highest BCUT2D eigenvalue weighted by molar-refractivity contribution is 5.66. The second-order valence-corrected chi connectivity index (χ2v) is 7.23. The summed E-state index contributed by atoms with van der Waals surface area (Å²) < 4.78 is 41.9. The molecule has 0 aliphatic carbocycles. The van der Waals surface area contributed by atoms with E-state index in [1.807, 2.05) is 13.8 Å². The average molecular weight is 461 g/mol. The summed E-state index contributed by atoms with van der Waals surface area (Å²) in [6, 6.07) is 13.4. The van der Waals surface area contributed by atoms with Crippen LogP contribution in [0.4, 0.5) is 30.6 Å². The van der Waals surface area contributed by atoms with Crippen LogP contribution in [0.2, 0.25) is 0 Å². The number of aromatic nitrogens is 2. The molecule has 0 aliphatic heterocycles. The van der Waals surface area contributed by atoms with Crippen LogP contribution in [0.5, 0.6) is 5.75 Å². The first-order chi connectivity index (χ1) is 15.6. The Morgan fingerprint density at radius 3 is 2.58 bits per heavy atom. The van der Waals surface area contributed by atoms with Gasteiger partial charge in [0.1, 0.15) is 11.6 Å². The normalized spacial score (nSPS) is 12.2. The van der Waals surface area contributed by atoms with Gasteiger partial charge in [0.2, 0.25) is 5.95 Å². The molecule has 3 aromatic rings. The summed E-state index contributed by atoms with van der Waals surface area (Å²) in [4.78, 5) is 19.6. The molecule has 0 aliphatic rings. The summed E-state index contributed by atoms with van der Waals surface area (Å²) in [7, 11) is 0. The number of para-hydroxylation sites is 1. The van der Waals surface area contributed by atoms with E-state index in [0.29, 0.717) is 22.6 Å². The lowest BCUT2D eigenvalue weighted by Gasteiger charge is -2.15. The van der Waals surface area contributed by atoms with Gasteiger partial charge in [-0.05, 0) is 25.5 Å². The van der Waals surface area contributed by atoms with Crippen LogP contribution in [0.3, 0.4) is 0 Å². The zero-order valence-corrected chi connectivity index (χ0v) is 17.9. The SMILES string of the molecule is CC[C@H](C)Nc1nc(NCc2ccccc2[N+](=O)[O-])cc(-c2cccc(OC(F)(F)F)c2)n1. The van der Waals surface area contributed by atoms with Crippen LogP contribution < -0.4 is 15.4 Å². The predicted molar refractivity (Wildman–Crippen MR) is 118 cm³/mol. The lowest BCUT2D eigenvalue weighted by Crippen LogP contribution is -2.17. The molecule has 0 radical (unpaired) electrons. The van der Waals surface area contributed by atoms with Crippen molar-refractivity contribution in [1.82, 2.24) is 9.97 Å². The van der Waals surface area contributed by atoms with Crippen molar-refractivity contribution in [2.45, 2.75) is 39.2 Å². The van der Waals surface area contributed by atoms with E-state index < -0.39 is 11.3 Å². The van der Waals surface area contributed by atoms with Crippen LogP contribution >= 0.6 is 0 Å².